The van der Waals surface area contributed by atoms with E-state index in [-0.39, 0.29) is 184 Å². The fraction of sp³-hybridized carbons (Fsp3) is 0.727. The molecule has 8 rings (SSSR count). The summed E-state index contributed by atoms with van der Waals surface area (Å²) in [6, 6.07) is 18.4. The second kappa shape index (κ2) is 34.2. The molecular weight excluding hydrogens is 1600 g/mol. The second-order valence-corrected chi connectivity index (χ2v) is 49.1. The quantitative estimate of drug-likeness (QED) is 0.137. The van der Waals surface area contributed by atoms with E-state index in [2.05, 4.69) is 418 Å². The molecule has 0 aliphatic heterocycles. The molecule has 0 N–H and O–H groups in total. The van der Waals surface area contributed by atoms with Gasteiger partial charge in [0.2, 0.25) is 0 Å². The summed E-state index contributed by atoms with van der Waals surface area (Å²) in [6.45, 7) is 108. The van der Waals surface area contributed by atoms with Crippen molar-refractivity contribution in [2.75, 3.05) is 0 Å². The molecule has 22 heteroatoms. The summed E-state index contributed by atoms with van der Waals surface area (Å²) in [5, 5.41) is 40.4. The maximum Gasteiger partial charge on any atom is 2.00 e. The van der Waals surface area contributed by atoms with Crippen LogP contribution in [0.2, 0.25) is 0 Å². The van der Waals surface area contributed by atoms with Crippen molar-refractivity contribution in [1.29, 1.82) is 0 Å². The third kappa shape index (κ3) is 27.1. The molecule has 0 aliphatic carbocycles. The fourth-order valence-electron chi connectivity index (χ4n) is 14.2. The summed E-state index contributed by atoms with van der Waals surface area (Å²) in [5.74, 6) is 0. The van der Waals surface area contributed by atoms with E-state index in [1.807, 2.05) is 0 Å². The zero-order chi connectivity index (χ0) is 84.0. The van der Waals surface area contributed by atoms with Crippen LogP contribution in [0.4, 0.5) is 0 Å². The summed E-state index contributed by atoms with van der Waals surface area (Å²) >= 11 is 0. The van der Waals surface area contributed by atoms with E-state index in [0.29, 0.717) is 0 Å². The molecule has 16 nitrogen and oxygen atoms in total. The van der Waals surface area contributed by atoms with Gasteiger partial charge in [0.1, 0.15) is 0 Å². The van der Waals surface area contributed by atoms with Crippen molar-refractivity contribution >= 4 is 128 Å². The second-order valence-electron chi connectivity index (χ2n) is 49.1. The molecule has 8 aromatic rings. The first kappa shape index (κ1) is 101. The molecule has 110 heavy (non-hydrogen) atoms. The first-order valence-corrected chi connectivity index (χ1v) is 41.4. The van der Waals surface area contributed by atoms with E-state index >= 15 is 0 Å². The Kier molecular flexibility index (Phi) is 31.5. The molecule has 0 fully saturated rings. The molecule has 8 aromatic heterocycles. The van der Waals surface area contributed by atoms with Gasteiger partial charge >= 0.3 is 97.8 Å². The number of hydrogen-bond donors (Lipinski definition) is 0. The predicted molar refractivity (Wildman–Crippen MR) is 486 cm³/mol. The van der Waals surface area contributed by atoms with Gasteiger partial charge in [0, 0.05) is 88.9 Å². The Hall–Kier alpha value is -2.92. The molecule has 0 unspecified atom stereocenters. The van der Waals surface area contributed by atoms with Crippen molar-refractivity contribution in [1.82, 2.24) is 77.5 Å². The van der Waals surface area contributed by atoms with Crippen LogP contribution in [0.15, 0.2) is 48.5 Å². The fourth-order valence-corrected chi connectivity index (χ4v) is 14.2. The first-order valence-electron chi connectivity index (χ1n) is 41.4. The van der Waals surface area contributed by atoms with Gasteiger partial charge in [-0.05, 0) is 91.9 Å². The van der Waals surface area contributed by atoms with Gasteiger partial charge < -0.3 is 36.7 Å². The molecule has 0 radical (unpaired) electrons. The van der Waals surface area contributed by atoms with E-state index in [0.717, 1.165) is 45.6 Å². The molecular formula is C88H160B4Ba2N16. The summed E-state index contributed by atoms with van der Waals surface area (Å²) in [4.78, 5) is 0. The van der Waals surface area contributed by atoms with Crippen molar-refractivity contribution in [3.8, 4) is 0 Å². The molecule has 0 atom stereocenters. The van der Waals surface area contributed by atoms with Crippen molar-refractivity contribution in [2.24, 2.45) is 0 Å². The molecule has 0 spiro atoms. The standard InChI is InChI=1S/4C22H40BN4.2Ba/c4*1-19(2,3)15-13-17(21(7,8)9)26(24-15)23-27-18(22(10,11)12)14-16(25-27)20(4,5)6;;/h4*13-14H,23H2,1-12H3;;/q4*-1;2*+2. The van der Waals surface area contributed by atoms with E-state index in [4.69, 9.17) is 40.8 Å². The average molecular weight is 1760 g/mol. The van der Waals surface area contributed by atoms with Crippen LogP contribution in [0.3, 0.4) is 0 Å². The van der Waals surface area contributed by atoms with Gasteiger partial charge in [-0.25, -0.2) is 40.8 Å². The maximum atomic E-state index is 5.05. The summed E-state index contributed by atoms with van der Waals surface area (Å²) in [7, 11) is -3.04. The van der Waals surface area contributed by atoms with Crippen molar-refractivity contribution in [3.05, 3.63) is 140 Å². The van der Waals surface area contributed by atoms with Crippen LogP contribution < -0.4 is 0 Å². The largest absolute Gasteiger partial charge is 2.00 e. The minimum Gasteiger partial charge on any atom is -0.425 e. The Morgan fingerprint density at radius 2 is 0.218 bits per heavy atom. The molecule has 0 saturated heterocycles. The zero-order valence-corrected chi connectivity index (χ0v) is 90.1. The number of hydrogen-bond acceptors (Lipinski definition) is 8. The van der Waals surface area contributed by atoms with Crippen molar-refractivity contribution in [3.63, 3.8) is 0 Å². The Morgan fingerprint density at radius 1 is 0.145 bits per heavy atom. The monoisotopic (exact) mass is 1760 g/mol. The van der Waals surface area contributed by atoms with Crippen LogP contribution in [-0.2, 0) is 86.6 Å². The van der Waals surface area contributed by atoms with Gasteiger partial charge in [-0.3, -0.25) is 0 Å². The average Bonchev–Trinajstić information content (AvgIpc) is 1.64. The zero-order valence-electron chi connectivity index (χ0n) is 81.2. The maximum absolute atomic E-state index is 5.05. The molecule has 0 amide bonds. The van der Waals surface area contributed by atoms with Gasteiger partial charge in [-0.2, -0.15) is 0 Å². The van der Waals surface area contributed by atoms with Gasteiger partial charge in [-0.1, -0.05) is 332 Å². The SMILES string of the molecule is CC(C)(C)c1cc(C(C)(C)C)n([BH2-]n2nc(C(C)(C)C)cc2C(C)(C)C)n1.CC(C)(C)c1cc(C(C)(C)C)n([BH2-]n2nc(C(C)(C)C)cc2C(C)(C)C)n1.CC(C)(C)c1cc(C(C)(C)C)n([BH2-]n2nc(C(C)(C)C)cc2C(C)(C)C)n1.CC(C)(C)c1cc(C(C)(C)C)n([BH2-]n2nc(C(C)(C)C)cc2C(C)(C)C)n1.[Ba+2].[Ba+2]. The van der Waals surface area contributed by atoms with Crippen LogP contribution in [0.1, 0.15) is 423 Å². The number of aromatic nitrogens is 16. The Morgan fingerprint density at radius 3 is 0.273 bits per heavy atom. The summed E-state index contributed by atoms with van der Waals surface area (Å²) in [6.07, 6.45) is 0. The smallest absolute Gasteiger partial charge is 0.425 e. The minimum absolute atomic E-state index is 0. The molecule has 0 aromatic carbocycles. The molecule has 608 valence electrons. The third-order valence-corrected chi connectivity index (χ3v) is 20.8. The molecule has 0 aliphatic rings. The van der Waals surface area contributed by atoms with Crippen molar-refractivity contribution < 1.29 is 0 Å². The van der Waals surface area contributed by atoms with Gasteiger partial charge in [0.25, 0.3) is 0 Å². The van der Waals surface area contributed by atoms with Crippen LogP contribution in [0, 0.1) is 0 Å². The predicted octanol–water partition coefficient (Wildman–Crippen LogP) is 17.9. The Bertz CT molecular complexity index is 3490. The van der Waals surface area contributed by atoms with Gasteiger partial charge in [-0.15, -0.1) is 0 Å². The van der Waals surface area contributed by atoms with E-state index in [1.54, 1.807) is 0 Å². The topological polar surface area (TPSA) is 143 Å². The summed E-state index contributed by atoms with van der Waals surface area (Å²) in [5.41, 5.74) is 20.6. The number of nitrogens with zero attached hydrogens (tertiary/aromatic N) is 16. The van der Waals surface area contributed by atoms with E-state index < -0.39 is 30.2 Å². The molecule has 8 heterocycles. The Balaban J connectivity index is 0.000000378. The van der Waals surface area contributed by atoms with Gasteiger partial charge in [0.15, 0.2) is 30.2 Å². The van der Waals surface area contributed by atoms with Crippen LogP contribution in [-0.4, -0.2) is 205 Å². The van der Waals surface area contributed by atoms with Crippen LogP contribution in [0.25, 0.3) is 0 Å². The van der Waals surface area contributed by atoms with Crippen molar-refractivity contribution in [2.45, 2.75) is 419 Å². The molecule has 0 saturated carbocycles. The number of rotatable bonds is 8. The van der Waals surface area contributed by atoms with E-state index in [1.165, 1.54) is 45.6 Å². The Labute approximate surface area is 755 Å². The van der Waals surface area contributed by atoms with E-state index in [9.17, 15) is 0 Å². The van der Waals surface area contributed by atoms with Gasteiger partial charge in [0.05, 0.1) is 45.6 Å². The van der Waals surface area contributed by atoms with Crippen LogP contribution >= 0.6 is 0 Å². The summed E-state index contributed by atoms with van der Waals surface area (Å²) < 4.78 is 18.2. The van der Waals surface area contributed by atoms with Crippen LogP contribution in [0.5, 0.6) is 0 Å². The third-order valence-electron chi connectivity index (χ3n) is 20.8. The minimum atomic E-state index is -0.759. The molecule has 0 bridgehead atoms. The first-order chi connectivity index (χ1) is 47.6. The normalized spacial score (nSPS) is 13.8.